The summed E-state index contributed by atoms with van der Waals surface area (Å²) in [4.78, 5) is 24.6. The fourth-order valence-electron chi connectivity index (χ4n) is 9.34. The summed E-state index contributed by atoms with van der Waals surface area (Å²) in [5.74, 6) is -0.0775. The normalized spacial score (nSPS) is 12.7. The van der Waals surface area contributed by atoms with E-state index in [1.165, 1.54) is 225 Å². The summed E-state index contributed by atoms with van der Waals surface area (Å²) >= 11 is 0. The van der Waals surface area contributed by atoms with Gasteiger partial charge in [0.1, 0.15) is 0 Å². The van der Waals surface area contributed by atoms with E-state index in [1.807, 2.05) is 0 Å². The number of ether oxygens (including phenoxy) is 1. The average molecular weight is 945 g/mol. The Morgan fingerprint density at radius 1 is 0.403 bits per heavy atom. The topological polar surface area (TPSA) is 95.9 Å². The highest BCUT2D eigenvalue weighted by atomic mass is 16.5. The van der Waals surface area contributed by atoms with Gasteiger partial charge in [-0.1, -0.05) is 263 Å². The van der Waals surface area contributed by atoms with Crippen molar-refractivity contribution in [3.05, 3.63) is 24.3 Å². The van der Waals surface area contributed by atoms with Gasteiger partial charge in [-0.25, -0.2) is 0 Å². The number of nitrogens with one attached hydrogen (secondary N) is 1. The van der Waals surface area contributed by atoms with Crippen molar-refractivity contribution in [2.45, 2.75) is 341 Å². The van der Waals surface area contributed by atoms with E-state index >= 15 is 0 Å². The monoisotopic (exact) mass is 944 g/mol. The van der Waals surface area contributed by atoms with Gasteiger partial charge in [0, 0.05) is 12.8 Å². The number of amides is 1. The highest BCUT2D eigenvalue weighted by molar-refractivity contribution is 5.76. The van der Waals surface area contributed by atoms with Crippen LogP contribution in [0, 0.1) is 0 Å². The molecule has 6 nitrogen and oxygen atoms in total. The van der Waals surface area contributed by atoms with E-state index in [-0.39, 0.29) is 18.5 Å². The third-order valence-electron chi connectivity index (χ3n) is 14.0. The summed E-state index contributed by atoms with van der Waals surface area (Å²) in [5, 5.41) is 23.3. The minimum atomic E-state index is -0.682. The standard InChI is InChI=1S/C61H117NO5/c1-3-5-7-9-11-13-15-17-19-21-22-23-25-26-29-33-37-41-45-49-53-59(64)58(57-63)62-60(65)54-50-46-42-38-34-30-28-32-36-40-44-48-52-56-67-61(66)55-51-47-43-39-35-31-27-24-20-18-16-14-12-10-8-6-4-2/h18,20,30,34,58-59,63-64H,3-17,19,21-29,31-33,35-57H2,1-2H3,(H,62,65)/b20-18-,34-30-. The first-order chi connectivity index (χ1) is 33.0. The molecule has 0 rings (SSSR count). The van der Waals surface area contributed by atoms with Gasteiger partial charge >= 0.3 is 5.97 Å². The molecule has 6 heteroatoms. The number of carbonyl (C=O) groups excluding carboxylic acids is 2. The van der Waals surface area contributed by atoms with Gasteiger partial charge < -0.3 is 20.3 Å². The maximum absolute atomic E-state index is 12.5. The molecule has 0 aliphatic carbocycles. The van der Waals surface area contributed by atoms with E-state index in [2.05, 4.69) is 43.5 Å². The Labute approximate surface area is 418 Å². The molecular weight excluding hydrogens is 827 g/mol. The molecule has 0 spiro atoms. The van der Waals surface area contributed by atoms with Gasteiger partial charge in [-0.2, -0.15) is 0 Å². The van der Waals surface area contributed by atoms with Crippen molar-refractivity contribution in [1.82, 2.24) is 5.32 Å². The number of rotatable bonds is 56. The molecule has 0 aliphatic heterocycles. The van der Waals surface area contributed by atoms with Crippen molar-refractivity contribution in [3.63, 3.8) is 0 Å². The zero-order chi connectivity index (χ0) is 48.6. The zero-order valence-electron chi connectivity index (χ0n) is 45.1. The molecule has 0 bridgehead atoms. The second kappa shape index (κ2) is 56.9. The van der Waals surface area contributed by atoms with Crippen molar-refractivity contribution in [2.24, 2.45) is 0 Å². The number of unbranched alkanes of at least 4 members (excludes halogenated alkanes) is 41. The Bertz CT molecular complexity index is 1040. The molecule has 0 aromatic rings. The fraction of sp³-hybridized carbons (Fsp3) is 0.902. The molecule has 2 unspecified atom stereocenters. The fourth-order valence-corrected chi connectivity index (χ4v) is 9.34. The summed E-state index contributed by atoms with van der Waals surface area (Å²) < 4.78 is 5.47. The van der Waals surface area contributed by atoms with Gasteiger partial charge in [0.25, 0.3) is 0 Å². The van der Waals surface area contributed by atoms with Crippen molar-refractivity contribution >= 4 is 11.9 Å². The summed E-state index contributed by atoms with van der Waals surface area (Å²) in [5.41, 5.74) is 0. The van der Waals surface area contributed by atoms with E-state index in [0.717, 1.165) is 70.6 Å². The van der Waals surface area contributed by atoms with Crippen LogP contribution in [0.1, 0.15) is 328 Å². The van der Waals surface area contributed by atoms with Gasteiger partial charge in [0.15, 0.2) is 0 Å². The van der Waals surface area contributed by atoms with Crippen molar-refractivity contribution in [2.75, 3.05) is 13.2 Å². The lowest BCUT2D eigenvalue weighted by Gasteiger charge is -2.22. The minimum absolute atomic E-state index is 0.0152. The highest BCUT2D eigenvalue weighted by Crippen LogP contribution is 2.17. The average Bonchev–Trinajstić information content (AvgIpc) is 3.33. The molecule has 1 amide bonds. The van der Waals surface area contributed by atoms with Crippen molar-refractivity contribution in [1.29, 1.82) is 0 Å². The quantitative estimate of drug-likeness (QED) is 0.0321. The van der Waals surface area contributed by atoms with Crippen LogP contribution in [-0.4, -0.2) is 47.4 Å². The van der Waals surface area contributed by atoms with E-state index in [1.54, 1.807) is 0 Å². The van der Waals surface area contributed by atoms with Crippen molar-refractivity contribution in [3.8, 4) is 0 Å². The smallest absolute Gasteiger partial charge is 0.305 e. The van der Waals surface area contributed by atoms with Crippen LogP contribution in [-0.2, 0) is 14.3 Å². The van der Waals surface area contributed by atoms with Gasteiger partial charge in [-0.15, -0.1) is 0 Å². The van der Waals surface area contributed by atoms with Crippen LogP contribution in [0.2, 0.25) is 0 Å². The van der Waals surface area contributed by atoms with Gasteiger partial charge in [-0.3, -0.25) is 9.59 Å². The Kier molecular flexibility index (Phi) is 55.5. The lowest BCUT2D eigenvalue weighted by molar-refractivity contribution is -0.143. The first-order valence-electron chi connectivity index (χ1n) is 30.1. The molecule has 0 aromatic heterocycles. The molecule has 3 N–H and O–H groups in total. The van der Waals surface area contributed by atoms with Crippen LogP contribution in [0.5, 0.6) is 0 Å². The number of aliphatic hydroxyl groups excluding tert-OH is 2. The van der Waals surface area contributed by atoms with Crippen molar-refractivity contribution < 1.29 is 24.5 Å². The summed E-state index contributed by atoms with van der Waals surface area (Å²) in [6.45, 7) is 4.93. The lowest BCUT2D eigenvalue weighted by atomic mass is 10.0. The van der Waals surface area contributed by atoms with Crippen LogP contribution in [0.3, 0.4) is 0 Å². The molecule has 0 radical (unpaired) electrons. The van der Waals surface area contributed by atoms with E-state index < -0.39 is 12.1 Å². The SMILES string of the molecule is CCCCCCCC/C=C\CCCCCCCCCC(=O)OCCCCCCCC/C=C\CCCCCC(=O)NC(CO)C(O)CCCCCCCCCCCCCCCCCCCCCC. The summed E-state index contributed by atoms with van der Waals surface area (Å²) in [7, 11) is 0. The first-order valence-corrected chi connectivity index (χ1v) is 30.1. The van der Waals surface area contributed by atoms with E-state index in [0.29, 0.717) is 25.9 Å². The minimum Gasteiger partial charge on any atom is -0.466 e. The van der Waals surface area contributed by atoms with Crippen LogP contribution < -0.4 is 5.32 Å². The highest BCUT2D eigenvalue weighted by Gasteiger charge is 2.20. The van der Waals surface area contributed by atoms with Gasteiger partial charge in [-0.05, 0) is 77.0 Å². The predicted octanol–water partition coefficient (Wildman–Crippen LogP) is 18.6. The van der Waals surface area contributed by atoms with E-state index in [9.17, 15) is 19.8 Å². The third-order valence-corrected chi connectivity index (χ3v) is 14.0. The largest absolute Gasteiger partial charge is 0.466 e. The molecular formula is C61H117NO5. The Morgan fingerprint density at radius 2 is 0.701 bits per heavy atom. The maximum atomic E-state index is 12.5. The number of allylic oxidation sites excluding steroid dienone is 4. The zero-order valence-corrected chi connectivity index (χ0v) is 45.1. The van der Waals surface area contributed by atoms with Gasteiger partial charge in [0.2, 0.25) is 5.91 Å². The molecule has 0 aromatic carbocycles. The number of carbonyl (C=O) groups is 2. The Hall–Kier alpha value is -1.66. The molecule has 396 valence electrons. The first kappa shape index (κ1) is 65.3. The molecule has 0 heterocycles. The Balaban J connectivity index is 3.48. The van der Waals surface area contributed by atoms with Crippen LogP contribution in [0.25, 0.3) is 0 Å². The number of hydrogen-bond donors (Lipinski definition) is 3. The second-order valence-corrected chi connectivity index (χ2v) is 20.7. The van der Waals surface area contributed by atoms with Crippen LogP contribution in [0.15, 0.2) is 24.3 Å². The van der Waals surface area contributed by atoms with Crippen LogP contribution >= 0.6 is 0 Å². The lowest BCUT2D eigenvalue weighted by Crippen LogP contribution is -2.45. The Morgan fingerprint density at radius 3 is 1.07 bits per heavy atom. The number of hydrogen-bond acceptors (Lipinski definition) is 5. The molecule has 2 atom stereocenters. The number of aliphatic hydroxyl groups is 2. The summed E-state index contributed by atoms with van der Waals surface area (Å²) in [6.07, 6.45) is 68.9. The molecule has 0 saturated carbocycles. The van der Waals surface area contributed by atoms with Crippen LogP contribution in [0.4, 0.5) is 0 Å². The molecule has 67 heavy (non-hydrogen) atoms. The second-order valence-electron chi connectivity index (χ2n) is 20.7. The summed E-state index contributed by atoms with van der Waals surface area (Å²) in [6, 6.07) is -0.563. The predicted molar refractivity (Wildman–Crippen MR) is 292 cm³/mol. The molecule has 0 fully saturated rings. The maximum Gasteiger partial charge on any atom is 0.305 e. The van der Waals surface area contributed by atoms with Gasteiger partial charge in [0.05, 0.1) is 25.4 Å². The number of esters is 1. The third kappa shape index (κ3) is 53.5. The van der Waals surface area contributed by atoms with E-state index in [4.69, 9.17) is 4.74 Å². The molecule has 0 saturated heterocycles. The molecule has 0 aliphatic rings.